The lowest BCUT2D eigenvalue weighted by Gasteiger charge is -2.49. The molecule has 2 N–H and O–H groups in total. The maximum Gasteiger partial charge on any atom is 0.353 e. The Balaban J connectivity index is 1.67. The molecule has 0 spiro atoms. The quantitative estimate of drug-likeness (QED) is 0.491. The Bertz CT molecular complexity index is 842. The molecule has 0 aliphatic carbocycles. The molecule has 28 heavy (non-hydrogen) atoms. The zero-order valence-corrected chi connectivity index (χ0v) is 16.5. The minimum Gasteiger partial charge on any atom is -0.477 e. The Labute approximate surface area is 169 Å². The number of benzene rings is 1. The summed E-state index contributed by atoms with van der Waals surface area (Å²) in [5.74, 6) is -2.17. The number of hydrogen-bond acceptors (Lipinski definition) is 7. The van der Waals surface area contributed by atoms with Crippen molar-refractivity contribution < 1.29 is 29.0 Å². The zero-order valence-electron chi connectivity index (χ0n) is 14.9. The predicted octanol–water partition coefficient (Wildman–Crippen LogP) is 0.831. The van der Waals surface area contributed by atoms with Gasteiger partial charge in [0.2, 0.25) is 5.91 Å². The summed E-state index contributed by atoms with van der Waals surface area (Å²) in [5.41, 5.74) is 0.698. The molecule has 10 heteroatoms. The lowest BCUT2D eigenvalue weighted by Crippen LogP contribution is -2.70. The maximum absolute atomic E-state index is 12.5. The van der Waals surface area contributed by atoms with Crippen molar-refractivity contribution >= 4 is 47.3 Å². The monoisotopic (exact) mass is 422 g/mol. The molecule has 2 heterocycles. The first kappa shape index (κ1) is 20.3. The predicted molar refractivity (Wildman–Crippen MR) is 104 cm³/mol. The number of carbonyl (C=O) groups is 4. The van der Waals surface area contributed by atoms with Gasteiger partial charge in [0, 0.05) is 10.7 Å². The summed E-state index contributed by atoms with van der Waals surface area (Å²) in [4.78, 5) is 49.4. The Kier molecular flexibility index (Phi) is 6.30. The van der Waals surface area contributed by atoms with Gasteiger partial charge in [-0.2, -0.15) is 0 Å². The number of carboxylic acids is 1. The molecule has 2 aliphatic heterocycles. The fourth-order valence-electron chi connectivity index (χ4n) is 2.91. The summed E-state index contributed by atoms with van der Waals surface area (Å²) in [6.07, 6.45) is 0.143. The number of nitrogens with zero attached hydrogens (tertiary/aromatic N) is 1. The highest BCUT2D eigenvalue weighted by Gasteiger charge is 2.54. The van der Waals surface area contributed by atoms with Crippen molar-refractivity contribution in [1.82, 2.24) is 10.2 Å². The van der Waals surface area contributed by atoms with E-state index in [9.17, 15) is 24.3 Å². The first-order valence-corrected chi connectivity index (χ1v) is 10.4. The number of amides is 2. The van der Waals surface area contributed by atoms with Gasteiger partial charge >= 0.3 is 11.9 Å². The molecule has 0 unspecified atom stereocenters. The molecular weight excluding hydrogens is 404 g/mol. The van der Waals surface area contributed by atoms with E-state index in [1.807, 2.05) is 30.3 Å². The summed E-state index contributed by atoms with van der Waals surface area (Å²) in [7, 11) is 1.25. The first-order chi connectivity index (χ1) is 13.4. The highest BCUT2D eigenvalue weighted by atomic mass is 32.2. The van der Waals surface area contributed by atoms with E-state index in [4.69, 9.17) is 0 Å². The minimum atomic E-state index is -1.24. The van der Waals surface area contributed by atoms with Gasteiger partial charge in [0.15, 0.2) is 0 Å². The van der Waals surface area contributed by atoms with Crippen LogP contribution in [0.15, 0.2) is 40.9 Å². The van der Waals surface area contributed by atoms with Gasteiger partial charge in [-0.1, -0.05) is 30.3 Å². The molecule has 2 atom stereocenters. The van der Waals surface area contributed by atoms with Gasteiger partial charge in [-0.05, 0) is 5.56 Å². The number of nitrogens with one attached hydrogen (secondary N) is 1. The van der Waals surface area contributed by atoms with E-state index in [-0.39, 0.29) is 23.8 Å². The van der Waals surface area contributed by atoms with Gasteiger partial charge in [-0.3, -0.25) is 19.3 Å². The van der Waals surface area contributed by atoms with Crippen molar-refractivity contribution in [3.63, 3.8) is 0 Å². The van der Waals surface area contributed by atoms with Crippen LogP contribution >= 0.6 is 23.5 Å². The van der Waals surface area contributed by atoms with Crippen LogP contribution in [-0.4, -0.2) is 63.8 Å². The SMILES string of the molecule is COC(=O)CSC1=C(C(=O)O)N2C(=O)[C@@H](NC(=O)Cc3ccccc3)[C@H]2SC1. The number of carbonyl (C=O) groups excluding carboxylic acids is 3. The second kappa shape index (κ2) is 8.70. The number of methoxy groups -OCH3 is 1. The number of rotatable bonds is 7. The molecule has 0 bridgehead atoms. The molecule has 0 saturated carbocycles. The zero-order chi connectivity index (χ0) is 20.3. The van der Waals surface area contributed by atoms with Crippen LogP contribution in [0.4, 0.5) is 0 Å². The van der Waals surface area contributed by atoms with Crippen molar-refractivity contribution in [3.05, 3.63) is 46.5 Å². The third-order valence-corrected chi connectivity index (χ3v) is 6.78. The molecule has 1 aromatic rings. The molecule has 1 aromatic carbocycles. The van der Waals surface area contributed by atoms with Crippen LogP contribution in [0.3, 0.4) is 0 Å². The topological polar surface area (TPSA) is 113 Å². The van der Waals surface area contributed by atoms with Crippen LogP contribution < -0.4 is 5.32 Å². The van der Waals surface area contributed by atoms with Crippen LogP contribution in [0.25, 0.3) is 0 Å². The summed E-state index contributed by atoms with van der Waals surface area (Å²) in [6.45, 7) is 0. The van der Waals surface area contributed by atoms with E-state index in [2.05, 4.69) is 10.1 Å². The second-order valence-electron chi connectivity index (χ2n) is 6.06. The Hall–Kier alpha value is -2.46. The number of ether oxygens (including phenoxy) is 1. The van der Waals surface area contributed by atoms with E-state index in [0.717, 1.165) is 17.3 Å². The molecule has 2 aliphatic rings. The van der Waals surface area contributed by atoms with Gasteiger partial charge < -0.3 is 15.2 Å². The molecule has 0 aromatic heterocycles. The van der Waals surface area contributed by atoms with Crippen molar-refractivity contribution in [2.24, 2.45) is 0 Å². The normalized spacial score (nSPS) is 20.9. The van der Waals surface area contributed by atoms with Gasteiger partial charge in [0.25, 0.3) is 5.91 Å². The van der Waals surface area contributed by atoms with Gasteiger partial charge in [0.1, 0.15) is 17.1 Å². The van der Waals surface area contributed by atoms with Crippen LogP contribution in [0.5, 0.6) is 0 Å². The minimum absolute atomic E-state index is 0.0346. The fourth-order valence-corrected chi connectivity index (χ4v) is 5.38. The first-order valence-electron chi connectivity index (χ1n) is 8.36. The third kappa shape index (κ3) is 4.17. The van der Waals surface area contributed by atoms with Gasteiger partial charge in [-0.15, -0.1) is 23.5 Å². The van der Waals surface area contributed by atoms with Gasteiger partial charge in [-0.25, -0.2) is 4.79 Å². The van der Waals surface area contributed by atoms with Crippen LogP contribution in [0, 0.1) is 0 Å². The van der Waals surface area contributed by atoms with E-state index in [0.29, 0.717) is 10.7 Å². The number of hydrogen-bond donors (Lipinski definition) is 2. The van der Waals surface area contributed by atoms with Crippen molar-refractivity contribution in [1.29, 1.82) is 0 Å². The standard InChI is InChI=1S/C18H18N2O6S2/c1-26-13(22)9-27-11-8-28-17-14(16(23)20(17)15(11)18(24)25)19-12(21)7-10-5-3-2-4-6-10/h2-6,14,17H,7-9H2,1H3,(H,19,21)(H,24,25)/t14-,17-/m1/s1. The van der Waals surface area contributed by atoms with Crippen molar-refractivity contribution in [2.45, 2.75) is 17.8 Å². The molecule has 148 valence electrons. The second-order valence-corrected chi connectivity index (χ2v) is 8.23. The maximum atomic E-state index is 12.5. The largest absolute Gasteiger partial charge is 0.477 e. The van der Waals surface area contributed by atoms with Crippen LogP contribution in [0.2, 0.25) is 0 Å². The van der Waals surface area contributed by atoms with E-state index < -0.39 is 29.3 Å². The van der Waals surface area contributed by atoms with Gasteiger partial charge in [0.05, 0.1) is 19.3 Å². The summed E-state index contributed by atoms with van der Waals surface area (Å²) in [6, 6.07) is 8.38. The summed E-state index contributed by atoms with van der Waals surface area (Å²) >= 11 is 2.41. The third-order valence-electron chi connectivity index (χ3n) is 4.25. The number of esters is 1. The molecule has 2 amide bonds. The highest BCUT2D eigenvalue weighted by Crippen LogP contribution is 2.43. The fraction of sp³-hybridized carbons (Fsp3) is 0.333. The molecular formula is C18H18N2O6S2. The molecule has 1 saturated heterocycles. The summed E-state index contributed by atoms with van der Waals surface area (Å²) in [5, 5.41) is 11.8. The van der Waals surface area contributed by atoms with E-state index in [1.54, 1.807) is 0 Å². The van der Waals surface area contributed by atoms with Crippen LogP contribution in [0.1, 0.15) is 5.56 Å². The van der Waals surface area contributed by atoms with Crippen molar-refractivity contribution in [2.75, 3.05) is 18.6 Å². The number of aliphatic carboxylic acids is 1. The lowest BCUT2D eigenvalue weighted by molar-refractivity contribution is -0.150. The number of thioether (sulfide) groups is 2. The molecule has 8 nitrogen and oxygen atoms in total. The molecule has 0 radical (unpaired) electrons. The molecule has 3 rings (SSSR count). The Morgan fingerprint density at radius 1 is 1.32 bits per heavy atom. The smallest absolute Gasteiger partial charge is 0.353 e. The lowest BCUT2D eigenvalue weighted by atomic mass is 10.0. The van der Waals surface area contributed by atoms with E-state index >= 15 is 0 Å². The average Bonchev–Trinajstić information content (AvgIpc) is 2.69. The van der Waals surface area contributed by atoms with Crippen LogP contribution in [-0.2, 0) is 30.3 Å². The Morgan fingerprint density at radius 3 is 2.68 bits per heavy atom. The number of β-lactam (4-membered cyclic amide) rings is 1. The molecule has 1 fully saturated rings. The number of fused-ring (bicyclic) bond motifs is 1. The Morgan fingerprint density at radius 2 is 2.04 bits per heavy atom. The van der Waals surface area contributed by atoms with E-state index in [1.165, 1.54) is 23.8 Å². The number of carboxylic acid groups (broad SMARTS) is 1. The summed E-state index contributed by atoms with van der Waals surface area (Å²) < 4.78 is 4.57. The van der Waals surface area contributed by atoms with Crippen molar-refractivity contribution in [3.8, 4) is 0 Å². The highest BCUT2D eigenvalue weighted by molar-refractivity contribution is 8.06. The average molecular weight is 422 g/mol.